The van der Waals surface area contributed by atoms with Gasteiger partial charge in [0, 0.05) is 12.6 Å². The molecule has 132 valence electrons. The van der Waals surface area contributed by atoms with E-state index in [9.17, 15) is 9.59 Å². The maximum absolute atomic E-state index is 12.6. The minimum Gasteiger partial charge on any atom is -0.497 e. The quantitative estimate of drug-likeness (QED) is 0.903. The summed E-state index contributed by atoms with van der Waals surface area (Å²) in [5, 5.41) is 0. The molecule has 0 aliphatic carbocycles. The molecule has 1 saturated heterocycles. The second-order valence-corrected chi connectivity index (χ2v) is 5.98. The zero-order chi connectivity index (χ0) is 17.8. The highest BCUT2D eigenvalue weighted by atomic mass is 16.5. The Kier molecular flexibility index (Phi) is 5.14. The number of hydrogen-bond acceptors (Lipinski definition) is 5. The third-order valence-corrected chi connectivity index (χ3v) is 4.12. The molecule has 0 radical (unpaired) electrons. The van der Waals surface area contributed by atoms with Crippen LogP contribution in [-0.4, -0.2) is 47.6 Å². The molecular formula is C18H21N3O4. The summed E-state index contributed by atoms with van der Waals surface area (Å²) in [7, 11) is 1.60. The van der Waals surface area contributed by atoms with Gasteiger partial charge in [0.15, 0.2) is 0 Å². The highest BCUT2D eigenvalue weighted by Gasteiger charge is 2.26. The highest BCUT2D eigenvalue weighted by molar-refractivity contribution is 5.79. The maximum Gasteiger partial charge on any atom is 0.251 e. The molecule has 0 spiro atoms. The first kappa shape index (κ1) is 17.2. The van der Waals surface area contributed by atoms with Gasteiger partial charge in [0.25, 0.3) is 5.56 Å². The van der Waals surface area contributed by atoms with Crippen molar-refractivity contribution in [1.82, 2.24) is 14.9 Å². The summed E-state index contributed by atoms with van der Waals surface area (Å²) in [5.74, 6) is 1.28. The lowest BCUT2D eigenvalue weighted by molar-refractivity contribution is -0.138. The van der Waals surface area contributed by atoms with Gasteiger partial charge in [0.2, 0.25) is 5.91 Å². The van der Waals surface area contributed by atoms with E-state index in [0.717, 1.165) is 11.3 Å². The number of carbonyl (C=O) groups excluding carboxylic acids is 1. The monoisotopic (exact) mass is 343 g/mol. The number of H-pyrrole nitrogens is 1. The molecule has 1 amide bonds. The summed E-state index contributed by atoms with van der Waals surface area (Å²) in [5.41, 5.74) is 1.24. The van der Waals surface area contributed by atoms with Crippen molar-refractivity contribution in [1.29, 1.82) is 0 Å². The number of nitrogens with zero attached hydrogens (tertiary/aromatic N) is 2. The van der Waals surface area contributed by atoms with E-state index in [4.69, 9.17) is 9.47 Å². The lowest BCUT2D eigenvalue weighted by atomic mass is 10.1. The molecule has 0 bridgehead atoms. The predicted octanol–water partition coefficient (Wildman–Crippen LogP) is 1.23. The molecule has 1 aromatic heterocycles. The van der Waals surface area contributed by atoms with E-state index in [0.29, 0.717) is 37.6 Å². The second kappa shape index (κ2) is 7.48. The summed E-state index contributed by atoms with van der Waals surface area (Å²) in [4.78, 5) is 32.9. The Balaban J connectivity index is 1.70. The molecule has 7 nitrogen and oxygen atoms in total. The smallest absolute Gasteiger partial charge is 0.251 e. The Morgan fingerprint density at radius 1 is 1.44 bits per heavy atom. The van der Waals surface area contributed by atoms with Crippen molar-refractivity contribution in [3.63, 3.8) is 0 Å². The van der Waals surface area contributed by atoms with Gasteiger partial charge in [-0.15, -0.1) is 0 Å². The Bertz CT molecular complexity index is 818. The van der Waals surface area contributed by atoms with E-state index in [1.165, 1.54) is 6.07 Å². The van der Waals surface area contributed by atoms with E-state index >= 15 is 0 Å². The summed E-state index contributed by atoms with van der Waals surface area (Å²) >= 11 is 0. The molecule has 1 fully saturated rings. The second-order valence-electron chi connectivity index (χ2n) is 5.98. The molecule has 1 aromatic carbocycles. The van der Waals surface area contributed by atoms with Crippen molar-refractivity contribution >= 4 is 5.91 Å². The largest absolute Gasteiger partial charge is 0.497 e. The Hall–Kier alpha value is -2.67. The van der Waals surface area contributed by atoms with Gasteiger partial charge in [-0.2, -0.15) is 0 Å². The third-order valence-electron chi connectivity index (χ3n) is 4.12. The van der Waals surface area contributed by atoms with Crippen LogP contribution < -0.4 is 10.3 Å². The van der Waals surface area contributed by atoms with Gasteiger partial charge in [-0.1, -0.05) is 12.1 Å². The van der Waals surface area contributed by atoms with Crippen LogP contribution in [0.15, 0.2) is 35.1 Å². The Labute approximate surface area is 145 Å². The number of rotatable bonds is 4. The van der Waals surface area contributed by atoms with Crippen molar-refractivity contribution < 1.29 is 14.3 Å². The van der Waals surface area contributed by atoms with Crippen LogP contribution in [0, 0.1) is 6.92 Å². The number of benzene rings is 1. The fourth-order valence-electron chi connectivity index (χ4n) is 2.89. The zero-order valence-corrected chi connectivity index (χ0v) is 14.3. The average molecular weight is 343 g/mol. The van der Waals surface area contributed by atoms with Crippen LogP contribution in [0.1, 0.15) is 23.2 Å². The van der Waals surface area contributed by atoms with Crippen LogP contribution in [-0.2, 0) is 16.0 Å². The van der Waals surface area contributed by atoms with Crippen molar-refractivity contribution in [2.45, 2.75) is 19.4 Å². The number of carbonyl (C=O) groups is 1. The normalized spacial score (nSPS) is 17.4. The number of aryl methyl sites for hydroxylation is 1. The van der Waals surface area contributed by atoms with Gasteiger partial charge in [0.05, 0.1) is 32.4 Å². The Morgan fingerprint density at radius 2 is 2.28 bits per heavy atom. The molecule has 2 heterocycles. The van der Waals surface area contributed by atoms with E-state index in [1.54, 1.807) is 18.9 Å². The minimum atomic E-state index is -0.385. The Morgan fingerprint density at radius 3 is 3.04 bits per heavy atom. The fraction of sp³-hybridized carbons (Fsp3) is 0.389. The van der Waals surface area contributed by atoms with Crippen LogP contribution in [0.3, 0.4) is 0 Å². The van der Waals surface area contributed by atoms with E-state index in [1.807, 2.05) is 24.3 Å². The lowest BCUT2D eigenvalue weighted by Gasteiger charge is -2.32. The van der Waals surface area contributed by atoms with Crippen LogP contribution in [0.5, 0.6) is 5.75 Å². The van der Waals surface area contributed by atoms with Crippen LogP contribution in [0.25, 0.3) is 0 Å². The van der Waals surface area contributed by atoms with Crippen molar-refractivity contribution in [3.05, 3.63) is 57.8 Å². The fourth-order valence-corrected chi connectivity index (χ4v) is 2.89. The molecule has 1 N–H and O–H groups in total. The standard InChI is InChI=1S/C18H21N3O4/c1-12-19-15(10-17(22)20-12)16-11-21(6-7-25-16)18(23)9-13-4-3-5-14(8-13)24-2/h3-5,8,10,16H,6-7,9,11H2,1-2H3,(H,19,20,22)/t16-/m0/s1. The molecular weight excluding hydrogens is 322 g/mol. The van der Waals surface area contributed by atoms with Gasteiger partial charge < -0.3 is 19.4 Å². The molecule has 1 aliphatic rings. The topological polar surface area (TPSA) is 84.5 Å². The molecule has 0 saturated carbocycles. The molecule has 2 aromatic rings. The first-order valence-electron chi connectivity index (χ1n) is 8.15. The minimum absolute atomic E-state index is 0.0168. The van der Waals surface area contributed by atoms with Crippen LogP contribution >= 0.6 is 0 Å². The average Bonchev–Trinajstić information content (AvgIpc) is 2.61. The number of methoxy groups -OCH3 is 1. The van der Waals surface area contributed by atoms with E-state index in [2.05, 4.69) is 9.97 Å². The van der Waals surface area contributed by atoms with Crippen molar-refractivity contribution in [2.75, 3.05) is 26.8 Å². The number of nitrogens with one attached hydrogen (secondary N) is 1. The first-order valence-corrected chi connectivity index (χ1v) is 8.15. The molecule has 1 aliphatic heterocycles. The van der Waals surface area contributed by atoms with Gasteiger partial charge in [-0.05, 0) is 24.6 Å². The van der Waals surface area contributed by atoms with E-state index in [-0.39, 0.29) is 17.6 Å². The predicted molar refractivity (Wildman–Crippen MR) is 91.6 cm³/mol. The molecule has 0 unspecified atom stereocenters. The number of aromatic amines is 1. The van der Waals surface area contributed by atoms with Gasteiger partial charge >= 0.3 is 0 Å². The number of aromatic nitrogens is 2. The zero-order valence-electron chi connectivity index (χ0n) is 14.3. The third kappa shape index (κ3) is 4.24. The van der Waals surface area contributed by atoms with Gasteiger partial charge in [0.1, 0.15) is 17.7 Å². The highest BCUT2D eigenvalue weighted by Crippen LogP contribution is 2.21. The van der Waals surface area contributed by atoms with Crippen molar-refractivity contribution in [2.24, 2.45) is 0 Å². The molecule has 25 heavy (non-hydrogen) atoms. The van der Waals surface area contributed by atoms with Gasteiger partial charge in [-0.3, -0.25) is 9.59 Å². The van der Waals surface area contributed by atoms with E-state index < -0.39 is 0 Å². The molecule has 7 heteroatoms. The first-order chi connectivity index (χ1) is 12.0. The summed E-state index contributed by atoms with van der Waals surface area (Å²) < 4.78 is 10.9. The van der Waals surface area contributed by atoms with Crippen LogP contribution in [0.2, 0.25) is 0 Å². The van der Waals surface area contributed by atoms with Gasteiger partial charge in [-0.25, -0.2) is 4.98 Å². The number of morpholine rings is 1. The number of ether oxygens (including phenoxy) is 2. The molecule has 3 rings (SSSR count). The number of amides is 1. The lowest BCUT2D eigenvalue weighted by Crippen LogP contribution is -2.43. The van der Waals surface area contributed by atoms with Crippen LogP contribution in [0.4, 0.5) is 0 Å². The maximum atomic E-state index is 12.6. The number of hydrogen-bond donors (Lipinski definition) is 1. The summed E-state index contributed by atoms with van der Waals surface area (Å²) in [6.07, 6.45) is -0.0878. The van der Waals surface area contributed by atoms with Crippen molar-refractivity contribution in [3.8, 4) is 5.75 Å². The molecule has 1 atom stereocenters. The summed E-state index contributed by atoms with van der Waals surface area (Å²) in [6.45, 7) is 3.06. The summed E-state index contributed by atoms with van der Waals surface area (Å²) in [6, 6.07) is 8.90. The SMILES string of the molecule is COc1cccc(CC(=O)N2CCO[C@H](c3cc(=O)[nH]c(C)n3)C2)c1.